The molecule has 50 heavy (non-hydrogen) atoms. The second-order valence-electron chi connectivity index (χ2n) is 16.1. The number of methoxy groups -OCH3 is 1. The van der Waals surface area contributed by atoms with Gasteiger partial charge in [-0.05, 0) is 76.2 Å². The zero-order chi connectivity index (χ0) is 37.5. The van der Waals surface area contributed by atoms with Crippen LogP contribution in [-0.4, -0.2) is 80.7 Å². The van der Waals surface area contributed by atoms with Gasteiger partial charge in [-0.3, -0.25) is 9.69 Å². The molecule has 278 valence electrons. The summed E-state index contributed by atoms with van der Waals surface area (Å²) < 4.78 is 30.9. The Bertz CT molecular complexity index is 1360. The zero-order valence-electron chi connectivity index (χ0n) is 32.2. The van der Waals surface area contributed by atoms with E-state index in [0.29, 0.717) is 19.3 Å². The van der Waals surface area contributed by atoms with Crippen molar-refractivity contribution < 1.29 is 37.8 Å². The third-order valence-electron chi connectivity index (χ3n) is 8.79. The molecule has 1 aliphatic heterocycles. The Morgan fingerprint density at radius 1 is 0.860 bits per heavy atom. The van der Waals surface area contributed by atoms with Gasteiger partial charge in [-0.25, -0.2) is 9.59 Å². The molecular weight excluding hydrogens is 653 g/mol. The molecule has 1 saturated heterocycles. The average molecular weight is 713 g/mol. The van der Waals surface area contributed by atoms with Crippen molar-refractivity contribution in [1.82, 2.24) is 10.2 Å². The highest BCUT2D eigenvalue weighted by atomic mass is 28.4. The van der Waals surface area contributed by atoms with Gasteiger partial charge in [-0.1, -0.05) is 88.4 Å². The van der Waals surface area contributed by atoms with Crippen molar-refractivity contribution in [1.29, 1.82) is 0 Å². The molecule has 10 nitrogen and oxygen atoms in total. The predicted octanol–water partition coefficient (Wildman–Crippen LogP) is 6.15. The van der Waals surface area contributed by atoms with Gasteiger partial charge in [0.1, 0.15) is 17.2 Å². The highest BCUT2D eigenvalue weighted by Gasteiger charge is 2.54. The Morgan fingerprint density at radius 3 is 1.80 bits per heavy atom. The van der Waals surface area contributed by atoms with Gasteiger partial charge in [-0.2, -0.15) is 0 Å². The second kappa shape index (κ2) is 16.8. The van der Waals surface area contributed by atoms with Gasteiger partial charge in [0.05, 0.1) is 6.10 Å². The number of esters is 1. The molecule has 1 N–H and O–H groups in total. The molecule has 0 aliphatic carbocycles. The molecule has 1 heterocycles. The van der Waals surface area contributed by atoms with E-state index in [-0.39, 0.29) is 23.5 Å². The first-order chi connectivity index (χ1) is 23.2. The van der Waals surface area contributed by atoms with Crippen LogP contribution in [0.3, 0.4) is 0 Å². The third-order valence-corrected chi connectivity index (χ3v) is 13.8. The Kier molecular flexibility index (Phi) is 13.9. The Balaban J connectivity index is 2.16. The fourth-order valence-electron chi connectivity index (χ4n) is 6.73. The average Bonchev–Trinajstić information content (AvgIpc) is 3.37. The smallest absolute Gasteiger partial charge is 0.411 e. The molecule has 11 heteroatoms. The summed E-state index contributed by atoms with van der Waals surface area (Å²) in [6, 6.07) is 19.3. The summed E-state index contributed by atoms with van der Waals surface area (Å²) in [6.45, 7) is 21.1. The van der Waals surface area contributed by atoms with Crippen LogP contribution in [0.5, 0.6) is 0 Å². The van der Waals surface area contributed by atoms with Gasteiger partial charge < -0.3 is 28.7 Å². The van der Waals surface area contributed by atoms with E-state index in [1.165, 1.54) is 14.0 Å². The van der Waals surface area contributed by atoms with Crippen molar-refractivity contribution >= 4 is 36.7 Å². The van der Waals surface area contributed by atoms with Crippen LogP contribution in [-0.2, 0) is 33.0 Å². The van der Waals surface area contributed by atoms with Gasteiger partial charge in [0.2, 0.25) is 12.3 Å². The van der Waals surface area contributed by atoms with Crippen LogP contribution in [0, 0.1) is 5.92 Å². The van der Waals surface area contributed by atoms with Crippen LogP contribution in [0.15, 0.2) is 60.7 Å². The van der Waals surface area contributed by atoms with Crippen molar-refractivity contribution in [3.63, 3.8) is 0 Å². The summed E-state index contributed by atoms with van der Waals surface area (Å²) in [6.07, 6.45) is -0.837. The van der Waals surface area contributed by atoms with E-state index >= 15 is 0 Å². The maximum atomic E-state index is 14.1. The molecule has 5 atom stereocenters. The maximum Gasteiger partial charge on any atom is 0.411 e. The Labute approximate surface area is 300 Å². The molecule has 2 aromatic carbocycles. The molecule has 0 aromatic heterocycles. The number of ether oxygens (including phenoxy) is 4. The van der Waals surface area contributed by atoms with Crippen LogP contribution in [0.4, 0.5) is 4.79 Å². The number of likely N-dealkylation sites (tertiary alicyclic amines) is 1. The van der Waals surface area contributed by atoms with Crippen LogP contribution >= 0.6 is 0 Å². The van der Waals surface area contributed by atoms with E-state index in [1.54, 1.807) is 25.7 Å². The molecule has 0 spiro atoms. The Morgan fingerprint density at radius 2 is 1.38 bits per heavy atom. The number of amides is 2. The van der Waals surface area contributed by atoms with E-state index in [4.69, 9.17) is 23.4 Å². The number of nitrogens with zero attached hydrogens (tertiary/aromatic N) is 1. The minimum Gasteiger partial charge on any atom is -0.458 e. The predicted molar refractivity (Wildman–Crippen MR) is 198 cm³/mol. The molecule has 2 unspecified atom stereocenters. The summed E-state index contributed by atoms with van der Waals surface area (Å²) >= 11 is 0. The number of carbonyl (C=O) groups excluding carboxylic acids is 3. The summed E-state index contributed by atoms with van der Waals surface area (Å²) in [7, 11) is -1.52. The Hall–Kier alpha value is -3.25. The monoisotopic (exact) mass is 712 g/mol. The maximum absolute atomic E-state index is 14.1. The standard InChI is InChI=1S/C39H60N2O8Si/c1-13-29(47-35(45-12)40-27(2)42)25-32-28(24-33(34(43)48-37(3,4)5)41(32)36(44)49-38(6,7)8)26-46-50(39(9,10)11,30-20-16-14-17-21-30)31-22-18-15-19-23-31/h14-23,28-29,32-33,35H,13,24-26H2,1-12H3,(H,40,42)/t28-,29-,32+,33?,35?/m0/s1. The second-order valence-corrected chi connectivity index (χ2v) is 20.5. The number of nitrogens with one attached hydrogen (secondary N) is 1. The number of carbonyl (C=O) groups is 3. The lowest BCUT2D eigenvalue weighted by Gasteiger charge is -2.44. The third kappa shape index (κ3) is 10.6. The number of hydrogen-bond donors (Lipinski definition) is 1. The molecule has 0 bridgehead atoms. The van der Waals surface area contributed by atoms with E-state index in [0.717, 1.165) is 10.4 Å². The van der Waals surface area contributed by atoms with Crippen LogP contribution < -0.4 is 15.7 Å². The lowest BCUT2D eigenvalue weighted by molar-refractivity contribution is -0.182. The summed E-state index contributed by atoms with van der Waals surface area (Å²) in [5.74, 6) is -1.09. The van der Waals surface area contributed by atoms with Gasteiger partial charge in [0.15, 0.2) is 0 Å². The van der Waals surface area contributed by atoms with Crippen molar-refractivity contribution in [3.8, 4) is 0 Å². The van der Waals surface area contributed by atoms with E-state index in [1.807, 2.05) is 64.1 Å². The van der Waals surface area contributed by atoms with Crippen molar-refractivity contribution in [3.05, 3.63) is 60.7 Å². The molecule has 1 aliphatic rings. The van der Waals surface area contributed by atoms with E-state index in [2.05, 4.69) is 50.4 Å². The lowest BCUT2D eigenvalue weighted by atomic mass is 9.94. The van der Waals surface area contributed by atoms with E-state index < -0.39 is 56.2 Å². The topological polar surface area (TPSA) is 113 Å². The normalized spacial score (nSPS) is 19.8. The first-order valence-electron chi connectivity index (χ1n) is 17.7. The lowest BCUT2D eigenvalue weighted by Crippen LogP contribution is -2.67. The highest BCUT2D eigenvalue weighted by molar-refractivity contribution is 6.99. The molecule has 0 radical (unpaired) electrons. The van der Waals surface area contributed by atoms with Crippen molar-refractivity contribution in [2.45, 2.75) is 136 Å². The van der Waals surface area contributed by atoms with E-state index in [9.17, 15) is 14.4 Å². The minimum atomic E-state index is -2.97. The van der Waals surface area contributed by atoms with Crippen molar-refractivity contribution in [2.75, 3.05) is 13.7 Å². The van der Waals surface area contributed by atoms with Crippen molar-refractivity contribution in [2.24, 2.45) is 5.92 Å². The first kappa shape index (κ1) is 41.2. The fourth-order valence-corrected chi connectivity index (χ4v) is 11.3. The first-order valence-corrected chi connectivity index (χ1v) is 19.6. The summed E-state index contributed by atoms with van der Waals surface area (Å²) in [5, 5.41) is 4.65. The molecule has 2 amide bonds. The largest absolute Gasteiger partial charge is 0.458 e. The number of hydrogen-bond acceptors (Lipinski definition) is 8. The molecule has 3 rings (SSSR count). The highest BCUT2D eigenvalue weighted by Crippen LogP contribution is 2.41. The fraction of sp³-hybridized carbons (Fsp3) is 0.615. The van der Waals surface area contributed by atoms with Crippen LogP contribution in [0.2, 0.25) is 5.04 Å². The SMILES string of the molecule is CC[C@@H](C[C@@H]1[C@H](CO[Si](c2ccccc2)(c2ccccc2)C(C)(C)C)CC(C(=O)OC(C)(C)C)N1C(=O)OC(C)(C)C)OC(NC(C)=O)OC. The van der Waals surface area contributed by atoms with Gasteiger partial charge >= 0.3 is 12.1 Å². The molecule has 2 aromatic rings. The van der Waals surface area contributed by atoms with Gasteiger partial charge in [0, 0.05) is 32.6 Å². The summed E-state index contributed by atoms with van der Waals surface area (Å²) in [4.78, 5) is 41.5. The minimum absolute atomic E-state index is 0.270. The number of benzene rings is 2. The van der Waals surface area contributed by atoms with Gasteiger partial charge in [-0.15, -0.1) is 0 Å². The van der Waals surface area contributed by atoms with Gasteiger partial charge in [0.25, 0.3) is 8.32 Å². The number of rotatable bonds is 13. The zero-order valence-corrected chi connectivity index (χ0v) is 33.2. The quantitative estimate of drug-likeness (QED) is 0.150. The molecule has 0 saturated carbocycles. The summed E-state index contributed by atoms with van der Waals surface area (Å²) in [5.41, 5.74) is -1.58. The van der Waals surface area contributed by atoms with Crippen LogP contribution in [0.1, 0.15) is 95.4 Å². The molecular formula is C39H60N2O8Si. The molecule has 1 fully saturated rings. The van der Waals surface area contributed by atoms with Crippen LogP contribution in [0.25, 0.3) is 0 Å².